The fourth-order valence-corrected chi connectivity index (χ4v) is 1.79. The summed E-state index contributed by atoms with van der Waals surface area (Å²) in [6.45, 7) is 2.01. The monoisotopic (exact) mass is 271 g/mol. The van der Waals surface area contributed by atoms with E-state index in [0.717, 1.165) is 12.0 Å². The molecule has 0 aliphatic heterocycles. The average Bonchev–Trinajstić information content (AvgIpc) is 2.47. The number of hydrogen-bond acceptors (Lipinski definition) is 4. The van der Waals surface area contributed by atoms with Crippen molar-refractivity contribution in [2.45, 2.75) is 13.3 Å². The van der Waals surface area contributed by atoms with E-state index in [1.54, 1.807) is 6.07 Å². The van der Waals surface area contributed by atoms with Crippen LogP contribution in [0.3, 0.4) is 0 Å². The maximum atomic E-state index is 11.0. The van der Waals surface area contributed by atoms with E-state index in [4.69, 9.17) is 4.74 Å². The van der Waals surface area contributed by atoms with Crippen LogP contribution in [0.5, 0.6) is 11.5 Å². The number of nitro groups is 1. The summed E-state index contributed by atoms with van der Waals surface area (Å²) in [6, 6.07) is 11.5. The van der Waals surface area contributed by atoms with E-state index in [2.05, 4.69) is 0 Å². The molecule has 102 valence electrons. The zero-order valence-electron chi connectivity index (χ0n) is 10.9. The van der Waals surface area contributed by atoms with E-state index in [-0.39, 0.29) is 17.0 Å². The van der Waals surface area contributed by atoms with Crippen LogP contribution in [-0.2, 0) is 6.42 Å². The molecule has 0 atom stereocenters. The van der Waals surface area contributed by atoms with Gasteiger partial charge < -0.3 is 4.74 Å². The minimum Gasteiger partial charge on any atom is -0.450 e. The number of rotatable bonds is 5. The van der Waals surface area contributed by atoms with Crippen LogP contribution in [0.1, 0.15) is 22.8 Å². The Morgan fingerprint density at radius 1 is 1.25 bits per heavy atom. The maximum absolute atomic E-state index is 11.0. The molecule has 0 bridgehead atoms. The summed E-state index contributed by atoms with van der Waals surface area (Å²) in [6.07, 6.45) is 1.41. The Balaban J connectivity index is 2.37. The Hall–Kier alpha value is -2.69. The van der Waals surface area contributed by atoms with Crippen molar-refractivity contribution in [3.8, 4) is 11.5 Å². The molecule has 2 aromatic carbocycles. The zero-order valence-corrected chi connectivity index (χ0v) is 10.9. The summed E-state index contributed by atoms with van der Waals surface area (Å²) in [5, 5.41) is 11.0. The van der Waals surface area contributed by atoms with Gasteiger partial charge in [-0.25, -0.2) is 0 Å². The largest absolute Gasteiger partial charge is 0.450 e. The predicted octanol–water partition coefficient (Wildman–Crippen LogP) is 3.76. The lowest BCUT2D eigenvalue weighted by atomic mass is 10.1. The number of aryl methyl sites for hydroxylation is 1. The second kappa shape index (κ2) is 5.97. The van der Waals surface area contributed by atoms with Crippen LogP contribution < -0.4 is 4.74 Å². The van der Waals surface area contributed by atoms with Crippen molar-refractivity contribution >= 4 is 12.0 Å². The first kappa shape index (κ1) is 13.7. The molecular formula is C15H13NO4. The first-order chi connectivity index (χ1) is 9.63. The van der Waals surface area contributed by atoms with Gasteiger partial charge in [-0.1, -0.05) is 19.1 Å². The van der Waals surface area contributed by atoms with E-state index in [1.807, 2.05) is 25.1 Å². The summed E-state index contributed by atoms with van der Waals surface area (Å²) in [5.41, 5.74) is 1.09. The van der Waals surface area contributed by atoms with Gasteiger partial charge in [0.1, 0.15) is 12.0 Å². The number of ether oxygens (including phenoxy) is 1. The van der Waals surface area contributed by atoms with Gasteiger partial charge in [0.15, 0.2) is 0 Å². The van der Waals surface area contributed by atoms with E-state index in [9.17, 15) is 14.9 Å². The second-order valence-corrected chi connectivity index (χ2v) is 4.21. The lowest BCUT2D eigenvalue weighted by Crippen LogP contribution is -1.95. The fraction of sp³-hybridized carbons (Fsp3) is 0.133. The summed E-state index contributed by atoms with van der Waals surface area (Å²) in [5.74, 6) is 0.653. The predicted molar refractivity (Wildman–Crippen MR) is 74.4 cm³/mol. The molecule has 20 heavy (non-hydrogen) atoms. The number of nitrogens with zero attached hydrogens (tertiary/aromatic N) is 1. The average molecular weight is 271 g/mol. The molecule has 0 aliphatic carbocycles. The first-order valence-corrected chi connectivity index (χ1v) is 6.14. The van der Waals surface area contributed by atoms with Gasteiger partial charge in [-0.2, -0.15) is 0 Å². The van der Waals surface area contributed by atoms with Crippen molar-refractivity contribution in [3.63, 3.8) is 0 Å². The standard InChI is InChI=1S/C15H13NO4/c1-2-11-4-3-5-13(8-11)20-15-7-6-12(10-17)9-14(15)16(18)19/h3-10H,2H2,1H3. The summed E-state index contributed by atoms with van der Waals surface area (Å²) in [4.78, 5) is 21.1. The van der Waals surface area contributed by atoms with Gasteiger partial charge in [0.05, 0.1) is 4.92 Å². The highest BCUT2D eigenvalue weighted by Crippen LogP contribution is 2.32. The molecular weight excluding hydrogens is 258 g/mol. The normalized spacial score (nSPS) is 10.1. The third-order valence-corrected chi connectivity index (χ3v) is 2.85. The minimum absolute atomic E-state index is 0.119. The maximum Gasteiger partial charge on any atom is 0.312 e. The molecule has 5 nitrogen and oxygen atoms in total. The van der Waals surface area contributed by atoms with Crippen molar-refractivity contribution in [1.29, 1.82) is 0 Å². The molecule has 0 saturated heterocycles. The van der Waals surface area contributed by atoms with E-state index in [1.165, 1.54) is 18.2 Å². The van der Waals surface area contributed by atoms with Crippen molar-refractivity contribution in [2.75, 3.05) is 0 Å². The van der Waals surface area contributed by atoms with Crippen LogP contribution in [-0.4, -0.2) is 11.2 Å². The third kappa shape index (κ3) is 3.00. The molecule has 0 heterocycles. The Labute approximate surface area is 116 Å². The van der Waals surface area contributed by atoms with Crippen LogP contribution in [0.25, 0.3) is 0 Å². The highest BCUT2D eigenvalue weighted by Gasteiger charge is 2.16. The number of hydrogen-bond donors (Lipinski definition) is 0. The van der Waals surface area contributed by atoms with Crippen molar-refractivity contribution in [1.82, 2.24) is 0 Å². The zero-order chi connectivity index (χ0) is 14.5. The molecule has 0 N–H and O–H groups in total. The molecule has 0 aliphatic rings. The van der Waals surface area contributed by atoms with Crippen LogP contribution in [0.15, 0.2) is 42.5 Å². The molecule has 0 amide bonds. The van der Waals surface area contributed by atoms with Crippen LogP contribution in [0.4, 0.5) is 5.69 Å². The van der Waals surface area contributed by atoms with Gasteiger partial charge in [0.25, 0.3) is 0 Å². The number of carbonyl (C=O) groups excluding carboxylic acids is 1. The molecule has 0 unspecified atom stereocenters. The van der Waals surface area contributed by atoms with Gasteiger partial charge in [-0.3, -0.25) is 14.9 Å². The second-order valence-electron chi connectivity index (χ2n) is 4.21. The van der Waals surface area contributed by atoms with E-state index >= 15 is 0 Å². The summed E-state index contributed by atoms with van der Waals surface area (Å²) < 4.78 is 5.56. The Morgan fingerprint density at radius 2 is 2.05 bits per heavy atom. The van der Waals surface area contributed by atoms with E-state index < -0.39 is 4.92 Å². The van der Waals surface area contributed by atoms with Crippen molar-refractivity contribution < 1.29 is 14.5 Å². The third-order valence-electron chi connectivity index (χ3n) is 2.85. The highest BCUT2D eigenvalue weighted by atomic mass is 16.6. The Kier molecular flexibility index (Phi) is 4.10. The van der Waals surface area contributed by atoms with Gasteiger partial charge in [-0.15, -0.1) is 0 Å². The SMILES string of the molecule is CCc1cccc(Oc2ccc(C=O)cc2[N+](=O)[O-])c1. The van der Waals surface area contributed by atoms with Gasteiger partial charge in [0, 0.05) is 11.6 Å². The van der Waals surface area contributed by atoms with Crippen LogP contribution >= 0.6 is 0 Å². The molecule has 0 saturated carbocycles. The molecule has 2 aromatic rings. The van der Waals surface area contributed by atoms with Crippen molar-refractivity contribution in [3.05, 3.63) is 63.7 Å². The number of aldehydes is 1. The highest BCUT2D eigenvalue weighted by molar-refractivity contribution is 5.77. The molecule has 5 heteroatoms. The molecule has 0 spiro atoms. The topological polar surface area (TPSA) is 69.4 Å². The lowest BCUT2D eigenvalue weighted by molar-refractivity contribution is -0.385. The molecule has 0 fully saturated rings. The molecule has 2 rings (SSSR count). The van der Waals surface area contributed by atoms with Crippen molar-refractivity contribution in [2.24, 2.45) is 0 Å². The number of carbonyl (C=O) groups is 1. The smallest absolute Gasteiger partial charge is 0.312 e. The Morgan fingerprint density at radius 3 is 2.70 bits per heavy atom. The van der Waals surface area contributed by atoms with E-state index in [0.29, 0.717) is 12.0 Å². The van der Waals surface area contributed by atoms with Gasteiger partial charge in [0.2, 0.25) is 5.75 Å². The summed E-state index contributed by atoms with van der Waals surface area (Å²) in [7, 11) is 0. The molecule has 0 radical (unpaired) electrons. The van der Waals surface area contributed by atoms with Crippen LogP contribution in [0.2, 0.25) is 0 Å². The van der Waals surface area contributed by atoms with Crippen LogP contribution in [0, 0.1) is 10.1 Å². The first-order valence-electron chi connectivity index (χ1n) is 6.14. The Bertz CT molecular complexity index is 652. The quantitative estimate of drug-likeness (QED) is 0.471. The van der Waals surface area contributed by atoms with Gasteiger partial charge in [-0.05, 0) is 36.2 Å². The number of nitro benzene ring substituents is 1. The molecule has 0 aromatic heterocycles. The summed E-state index contributed by atoms with van der Waals surface area (Å²) >= 11 is 0. The minimum atomic E-state index is -0.563. The fourth-order valence-electron chi connectivity index (χ4n) is 1.79. The van der Waals surface area contributed by atoms with Gasteiger partial charge >= 0.3 is 5.69 Å². The number of benzene rings is 2. The lowest BCUT2D eigenvalue weighted by Gasteiger charge is -2.07.